The molecule has 2 atom stereocenters. The number of rotatable bonds is 2. The van der Waals surface area contributed by atoms with Gasteiger partial charge in [0.2, 0.25) is 0 Å². The van der Waals surface area contributed by atoms with Crippen LogP contribution >= 0.6 is 11.8 Å². The van der Waals surface area contributed by atoms with E-state index in [4.69, 9.17) is 5.73 Å². The van der Waals surface area contributed by atoms with Crippen LogP contribution in [0.2, 0.25) is 0 Å². The summed E-state index contributed by atoms with van der Waals surface area (Å²) in [6, 6.07) is 0.760. The molecule has 0 aromatic rings. The van der Waals surface area contributed by atoms with Crippen molar-refractivity contribution in [2.24, 2.45) is 5.73 Å². The Morgan fingerprint density at radius 2 is 2.06 bits per heavy atom. The van der Waals surface area contributed by atoms with Gasteiger partial charge in [-0.25, -0.2) is 0 Å². The highest BCUT2D eigenvalue weighted by molar-refractivity contribution is 7.99. The first-order chi connectivity index (χ1) is 8.37. The molecule has 3 nitrogen and oxygen atoms in total. The lowest BCUT2D eigenvalue weighted by molar-refractivity contribution is 0.0726. The second kappa shape index (κ2) is 5.08. The number of hydrogen-bond donors (Lipinski definition) is 1. The first-order valence-corrected chi connectivity index (χ1v) is 8.29. The van der Waals surface area contributed by atoms with Crippen molar-refractivity contribution in [1.82, 2.24) is 9.80 Å². The number of nitrogens with zero attached hydrogens (tertiary/aromatic N) is 2. The molecule has 0 saturated carbocycles. The van der Waals surface area contributed by atoms with Gasteiger partial charge in [-0.2, -0.15) is 11.8 Å². The van der Waals surface area contributed by atoms with E-state index in [2.05, 4.69) is 21.6 Å². The fourth-order valence-electron chi connectivity index (χ4n) is 4.13. The van der Waals surface area contributed by atoms with Crippen LogP contribution in [0.15, 0.2) is 0 Å². The van der Waals surface area contributed by atoms with Crippen LogP contribution in [0.25, 0.3) is 0 Å². The zero-order valence-electron chi connectivity index (χ0n) is 10.7. The Kier molecular flexibility index (Phi) is 3.67. The van der Waals surface area contributed by atoms with Gasteiger partial charge >= 0.3 is 0 Å². The van der Waals surface area contributed by atoms with E-state index in [0.717, 1.165) is 12.6 Å². The van der Waals surface area contributed by atoms with Gasteiger partial charge in [0.15, 0.2) is 0 Å². The summed E-state index contributed by atoms with van der Waals surface area (Å²) >= 11 is 2.12. The summed E-state index contributed by atoms with van der Waals surface area (Å²) in [6.45, 7) is 5.99. The third-order valence-electron chi connectivity index (χ3n) is 5.02. The van der Waals surface area contributed by atoms with Crippen molar-refractivity contribution in [3.63, 3.8) is 0 Å². The van der Waals surface area contributed by atoms with Crippen molar-refractivity contribution in [3.05, 3.63) is 0 Å². The van der Waals surface area contributed by atoms with Gasteiger partial charge in [0, 0.05) is 37.0 Å². The zero-order chi connectivity index (χ0) is 11.7. The molecule has 2 N–H and O–H groups in total. The van der Waals surface area contributed by atoms with Crippen molar-refractivity contribution in [2.45, 2.75) is 37.3 Å². The molecule has 4 heteroatoms. The van der Waals surface area contributed by atoms with E-state index in [-0.39, 0.29) is 0 Å². The molecule has 0 aliphatic carbocycles. The topological polar surface area (TPSA) is 32.5 Å². The van der Waals surface area contributed by atoms with Gasteiger partial charge in [0.05, 0.1) is 0 Å². The highest BCUT2D eigenvalue weighted by Gasteiger charge is 2.51. The number of fused-ring (bicyclic) bond motifs is 1. The summed E-state index contributed by atoms with van der Waals surface area (Å²) in [5.41, 5.74) is 6.55. The lowest BCUT2D eigenvalue weighted by Crippen LogP contribution is -2.60. The molecule has 0 aromatic heterocycles. The van der Waals surface area contributed by atoms with E-state index in [9.17, 15) is 0 Å². The molecule has 98 valence electrons. The molecular formula is C13H25N3S. The average Bonchev–Trinajstić information content (AvgIpc) is 2.83. The Morgan fingerprint density at radius 3 is 2.94 bits per heavy atom. The van der Waals surface area contributed by atoms with Crippen LogP contribution in [0.1, 0.15) is 25.7 Å². The van der Waals surface area contributed by atoms with Gasteiger partial charge in [-0.05, 0) is 44.5 Å². The van der Waals surface area contributed by atoms with Gasteiger partial charge in [0.1, 0.15) is 0 Å². The smallest absolute Gasteiger partial charge is 0.0499 e. The molecule has 17 heavy (non-hydrogen) atoms. The summed E-state index contributed by atoms with van der Waals surface area (Å²) in [5, 5.41) is 0. The molecule has 3 fully saturated rings. The minimum Gasteiger partial charge on any atom is -0.329 e. The van der Waals surface area contributed by atoms with Gasteiger partial charge in [-0.15, -0.1) is 0 Å². The molecule has 0 aromatic carbocycles. The Morgan fingerprint density at radius 1 is 1.12 bits per heavy atom. The van der Waals surface area contributed by atoms with E-state index in [1.807, 2.05) is 0 Å². The zero-order valence-corrected chi connectivity index (χ0v) is 11.6. The maximum atomic E-state index is 6.23. The van der Waals surface area contributed by atoms with Gasteiger partial charge in [0.25, 0.3) is 0 Å². The van der Waals surface area contributed by atoms with Crippen LogP contribution < -0.4 is 5.73 Å². The van der Waals surface area contributed by atoms with E-state index in [1.54, 1.807) is 0 Å². The van der Waals surface area contributed by atoms with E-state index in [0.29, 0.717) is 5.54 Å². The lowest BCUT2D eigenvalue weighted by atomic mass is 9.86. The summed E-state index contributed by atoms with van der Waals surface area (Å²) in [6.07, 6.45) is 5.41. The second-order valence-corrected chi connectivity index (χ2v) is 6.93. The van der Waals surface area contributed by atoms with Crippen molar-refractivity contribution in [2.75, 3.05) is 44.2 Å². The second-order valence-electron chi connectivity index (χ2n) is 5.70. The SMILES string of the molecule is NCC1(N2CCCSCC2)CCN2CCCC21. The third kappa shape index (κ3) is 2.03. The Bertz CT molecular complexity index is 265. The fourth-order valence-corrected chi connectivity index (χ4v) is 5.02. The Labute approximate surface area is 109 Å². The number of hydrogen-bond acceptors (Lipinski definition) is 4. The van der Waals surface area contributed by atoms with Crippen LogP contribution in [0.3, 0.4) is 0 Å². The van der Waals surface area contributed by atoms with Crippen LogP contribution in [-0.4, -0.2) is 65.6 Å². The quantitative estimate of drug-likeness (QED) is 0.798. The monoisotopic (exact) mass is 255 g/mol. The fraction of sp³-hybridized carbons (Fsp3) is 1.00. The first-order valence-electron chi connectivity index (χ1n) is 7.14. The van der Waals surface area contributed by atoms with E-state index in [1.165, 1.54) is 63.4 Å². The van der Waals surface area contributed by atoms with Crippen LogP contribution in [-0.2, 0) is 0 Å². The molecule has 0 bridgehead atoms. The van der Waals surface area contributed by atoms with Crippen molar-refractivity contribution < 1.29 is 0 Å². The van der Waals surface area contributed by atoms with Crippen molar-refractivity contribution >= 4 is 11.8 Å². The largest absolute Gasteiger partial charge is 0.329 e. The lowest BCUT2D eigenvalue weighted by Gasteiger charge is -2.44. The minimum atomic E-state index is 0.321. The van der Waals surface area contributed by atoms with Crippen molar-refractivity contribution in [3.8, 4) is 0 Å². The van der Waals surface area contributed by atoms with Crippen LogP contribution in [0, 0.1) is 0 Å². The summed E-state index contributed by atoms with van der Waals surface area (Å²) in [7, 11) is 0. The molecule has 3 aliphatic rings. The first kappa shape index (κ1) is 12.3. The predicted octanol–water partition coefficient (Wildman–Crippen LogP) is 0.991. The highest BCUT2D eigenvalue weighted by Crippen LogP contribution is 2.40. The van der Waals surface area contributed by atoms with Crippen LogP contribution in [0.5, 0.6) is 0 Å². The minimum absolute atomic E-state index is 0.321. The molecule has 0 amide bonds. The molecular weight excluding hydrogens is 230 g/mol. The van der Waals surface area contributed by atoms with Crippen molar-refractivity contribution in [1.29, 1.82) is 0 Å². The molecule has 3 saturated heterocycles. The van der Waals surface area contributed by atoms with Crippen LogP contribution in [0.4, 0.5) is 0 Å². The highest BCUT2D eigenvalue weighted by atomic mass is 32.2. The van der Waals surface area contributed by atoms with E-state index < -0.39 is 0 Å². The predicted molar refractivity (Wildman–Crippen MR) is 74.5 cm³/mol. The standard InChI is InChI=1S/C13H25N3S/c14-11-13(16-6-2-9-17-10-8-16)4-7-15-5-1-3-12(13)15/h12H,1-11,14H2. The van der Waals surface area contributed by atoms with Gasteiger partial charge in [-0.3, -0.25) is 9.80 Å². The molecule has 2 unspecified atom stereocenters. The molecule has 3 heterocycles. The maximum absolute atomic E-state index is 6.23. The normalized spacial score (nSPS) is 40.4. The molecule has 3 aliphatic heterocycles. The third-order valence-corrected chi connectivity index (χ3v) is 6.07. The molecule has 3 rings (SSSR count). The Hall–Kier alpha value is 0.230. The number of nitrogens with two attached hydrogens (primary N) is 1. The number of thioether (sulfide) groups is 1. The Balaban J connectivity index is 1.80. The van der Waals surface area contributed by atoms with Gasteiger partial charge < -0.3 is 5.73 Å². The van der Waals surface area contributed by atoms with Gasteiger partial charge in [-0.1, -0.05) is 0 Å². The maximum Gasteiger partial charge on any atom is 0.0499 e. The molecule has 0 spiro atoms. The summed E-state index contributed by atoms with van der Waals surface area (Å²) in [5.74, 6) is 2.64. The summed E-state index contributed by atoms with van der Waals surface area (Å²) < 4.78 is 0. The molecule has 0 radical (unpaired) electrons. The van der Waals surface area contributed by atoms with E-state index >= 15 is 0 Å². The summed E-state index contributed by atoms with van der Waals surface area (Å²) in [4.78, 5) is 5.45. The average molecular weight is 255 g/mol.